The van der Waals surface area contributed by atoms with E-state index in [1.807, 2.05) is 0 Å². The molecule has 92 valence electrons. The summed E-state index contributed by atoms with van der Waals surface area (Å²) in [7, 11) is 0. The number of carbonyl (C=O) groups is 1. The summed E-state index contributed by atoms with van der Waals surface area (Å²) >= 11 is 0. The predicted molar refractivity (Wildman–Crippen MR) is 52.7 cm³/mol. The highest BCUT2D eigenvalue weighted by Gasteiger charge is 2.30. The number of rotatable bonds is 3. The highest BCUT2D eigenvalue weighted by atomic mass is 19.4. The van der Waals surface area contributed by atoms with Crippen molar-refractivity contribution in [2.45, 2.75) is 12.6 Å². The number of benzene rings is 1. The van der Waals surface area contributed by atoms with Crippen molar-refractivity contribution < 1.29 is 27.5 Å². The van der Waals surface area contributed by atoms with Crippen LogP contribution in [0.2, 0.25) is 0 Å². The lowest BCUT2D eigenvalue weighted by molar-refractivity contribution is -0.138. The maximum atomic E-state index is 13.2. The maximum Gasteiger partial charge on any atom is 0.416 e. The molecule has 0 saturated carbocycles. The van der Waals surface area contributed by atoms with Gasteiger partial charge in [0.05, 0.1) is 12.0 Å². The molecular weight excluding hydrogens is 240 g/mol. The van der Waals surface area contributed by atoms with Crippen LogP contribution < -0.4 is 0 Å². The molecule has 6 heteroatoms. The molecule has 0 aliphatic carbocycles. The summed E-state index contributed by atoms with van der Waals surface area (Å²) in [5.41, 5.74) is -1.16. The molecule has 0 aromatic heterocycles. The molecule has 0 spiro atoms. The van der Waals surface area contributed by atoms with Gasteiger partial charge in [0.1, 0.15) is 5.82 Å². The van der Waals surface area contributed by atoms with Crippen LogP contribution in [-0.4, -0.2) is 11.1 Å². The van der Waals surface area contributed by atoms with E-state index in [4.69, 9.17) is 5.11 Å². The Balaban J connectivity index is 2.91. The highest BCUT2D eigenvalue weighted by Crippen LogP contribution is 2.30. The van der Waals surface area contributed by atoms with Crippen molar-refractivity contribution in [1.82, 2.24) is 0 Å². The monoisotopic (exact) mass is 248 g/mol. The van der Waals surface area contributed by atoms with Crippen LogP contribution in [0.5, 0.6) is 0 Å². The Morgan fingerprint density at radius 2 is 2.00 bits per heavy atom. The maximum absolute atomic E-state index is 13.2. The summed E-state index contributed by atoms with van der Waals surface area (Å²) in [6.45, 7) is 0. The van der Waals surface area contributed by atoms with Crippen molar-refractivity contribution >= 4 is 12.0 Å². The van der Waals surface area contributed by atoms with Crippen molar-refractivity contribution in [1.29, 1.82) is 0 Å². The minimum Gasteiger partial charge on any atom is -0.481 e. The van der Waals surface area contributed by atoms with E-state index in [1.165, 1.54) is 0 Å². The van der Waals surface area contributed by atoms with Crippen molar-refractivity contribution in [3.8, 4) is 0 Å². The fourth-order valence-corrected chi connectivity index (χ4v) is 1.13. The van der Waals surface area contributed by atoms with Crippen LogP contribution in [0.15, 0.2) is 24.3 Å². The Morgan fingerprint density at radius 1 is 1.35 bits per heavy atom. The highest BCUT2D eigenvalue weighted by molar-refractivity contribution is 5.70. The average molecular weight is 248 g/mol. The lowest BCUT2D eigenvalue weighted by Gasteiger charge is -2.07. The number of hydrogen-bond acceptors (Lipinski definition) is 1. The van der Waals surface area contributed by atoms with E-state index in [2.05, 4.69) is 0 Å². The fourth-order valence-electron chi connectivity index (χ4n) is 1.13. The molecule has 1 aromatic rings. The third-order valence-electron chi connectivity index (χ3n) is 1.92. The van der Waals surface area contributed by atoms with Crippen molar-refractivity contribution in [3.05, 3.63) is 41.2 Å². The predicted octanol–water partition coefficient (Wildman–Crippen LogP) is 3.33. The first-order chi connectivity index (χ1) is 7.80. The first-order valence-electron chi connectivity index (χ1n) is 4.56. The summed E-state index contributed by atoms with van der Waals surface area (Å²) in [6, 6.07) is 2.07. The molecule has 17 heavy (non-hydrogen) atoms. The summed E-state index contributed by atoms with van der Waals surface area (Å²) in [5, 5.41) is 8.32. The Labute approximate surface area is 94.2 Å². The van der Waals surface area contributed by atoms with Crippen LogP contribution in [0.25, 0.3) is 6.08 Å². The summed E-state index contributed by atoms with van der Waals surface area (Å²) in [4.78, 5) is 10.2. The molecule has 0 radical (unpaired) electrons. The van der Waals surface area contributed by atoms with Gasteiger partial charge in [-0.1, -0.05) is 18.2 Å². The summed E-state index contributed by atoms with van der Waals surface area (Å²) in [5.74, 6) is -2.14. The Morgan fingerprint density at radius 3 is 2.47 bits per heavy atom. The molecule has 0 bridgehead atoms. The molecule has 1 rings (SSSR count). The van der Waals surface area contributed by atoms with E-state index in [0.717, 1.165) is 24.3 Å². The Kier molecular flexibility index (Phi) is 3.88. The fraction of sp³-hybridized carbons (Fsp3) is 0.182. The van der Waals surface area contributed by atoms with Gasteiger partial charge >= 0.3 is 12.1 Å². The van der Waals surface area contributed by atoms with Crippen LogP contribution in [0.1, 0.15) is 17.5 Å². The lowest BCUT2D eigenvalue weighted by atomic mass is 10.1. The number of carboxylic acid groups (broad SMARTS) is 1. The quantitative estimate of drug-likeness (QED) is 0.833. The standard InChI is InChI=1S/C11H8F4O2/c12-9-6-8(11(13,14)15)5-4-7(9)2-1-3-10(16)17/h1-2,4-6H,3H2,(H,16,17). The SMILES string of the molecule is O=C(O)CC=Cc1ccc(C(F)(F)F)cc1F. The largest absolute Gasteiger partial charge is 0.481 e. The van der Waals surface area contributed by atoms with Crippen molar-refractivity contribution in [2.75, 3.05) is 0 Å². The van der Waals surface area contributed by atoms with Gasteiger partial charge in [0, 0.05) is 5.56 Å². The second kappa shape index (κ2) is 4.99. The van der Waals surface area contributed by atoms with E-state index in [-0.39, 0.29) is 12.0 Å². The van der Waals surface area contributed by atoms with E-state index in [0.29, 0.717) is 6.07 Å². The molecule has 1 aromatic carbocycles. The Hall–Kier alpha value is -1.85. The van der Waals surface area contributed by atoms with Gasteiger partial charge < -0.3 is 5.11 Å². The van der Waals surface area contributed by atoms with Gasteiger partial charge in [0.25, 0.3) is 0 Å². The second-order valence-corrected chi connectivity index (χ2v) is 3.23. The van der Waals surface area contributed by atoms with Crippen LogP contribution >= 0.6 is 0 Å². The zero-order valence-corrected chi connectivity index (χ0v) is 8.46. The van der Waals surface area contributed by atoms with E-state index >= 15 is 0 Å². The molecule has 0 fully saturated rings. The number of hydrogen-bond donors (Lipinski definition) is 1. The number of halogens is 4. The van der Waals surface area contributed by atoms with Crippen LogP contribution in [0.3, 0.4) is 0 Å². The normalized spacial score (nSPS) is 12.0. The molecule has 0 saturated heterocycles. The number of carboxylic acids is 1. The minimum atomic E-state index is -4.59. The van der Waals surface area contributed by atoms with Gasteiger partial charge in [-0.3, -0.25) is 4.79 Å². The molecule has 0 heterocycles. The van der Waals surface area contributed by atoms with Gasteiger partial charge in [0.15, 0.2) is 0 Å². The van der Waals surface area contributed by atoms with Crippen LogP contribution in [0, 0.1) is 5.82 Å². The number of alkyl halides is 3. The topological polar surface area (TPSA) is 37.3 Å². The van der Waals surface area contributed by atoms with Gasteiger partial charge in [0.2, 0.25) is 0 Å². The molecule has 2 nitrogen and oxygen atoms in total. The lowest BCUT2D eigenvalue weighted by Crippen LogP contribution is -2.05. The molecule has 0 aliphatic heterocycles. The van der Waals surface area contributed by atoms with E-state index in [9.17, 15) is 22.4 Å². The molecule has 0 unspecified atom stereocenters. The smallest absolute Gasteiger partial charge is 0.416 e. The van der Waals surface area contributed by atoms with Crippen molar-refractivity contribution in [2.24, 2.45) is 0 Å². The third-order valence-corrected chi connectivity index (χ3v) is 1.92. The zero-order chi connectivity index (χ0) is 13.1. The van der Waals surface area contributed by atoms with E-state index in [1.54, 1.807) is 0 Å². The zero-order valence-electron chi connectivity index (χ0n) is 8.46. The van der Waals surface area contributed by atoms with Gasteiger partial charge in [-0.2, -0.15) is 13.2 Å². The molecular formula is C11H8F4O2. The van der Waals surface area contributed by atoms with Crippen LogP contribution in [-0.2, 0) is 11.0 Å². The third kappa shape index (κ3) is 3.90. The first kappa shape index (κ1) is 13.2. The molecule has 0 atom stereocenters. The first-order valence-corrected chi connectivity index (χ1v) is 4.56. The van der Waals surface area contributed by atoms with Gasteiger partial charge in [-0.05, 0) is 12.1 Å². The average Bonchev–Trinajstić information content (AvgIpc) is 2.18. The van der Waals surface area contributed by atoms with Crippen LogP contribution in [0.4, 0.5) is 17.6 Å². The minimum absolute atomic E-state index is 0.0840. The molecule has 0 aliphatic rings. The number of aliphatic carboxylic acids is 1. The van der Waals surface area contributed by atoms with E-state index < -0.39 is 23.5 Å². The Bertz CT molecular complexity index is 449. The molecule has 1 N–H and O–H groups in total. The summed E-state index contributed by atoms with van der Waals surface area (Å²) in [6.07, 6.45) is -2.62. The van der Waals surface area contributed by atoms with Gasteiger partial charge in [-0.15, -0.1) is 0 Å². The van der Waals surface area contributed by atoms with Crippen molar-refractivity contribution in [3.63, 3.8) is 0 Å². The van der Waals surface area contributed by atoms with Gasteiger partial charge in [-0.25, -0.2) is 4.39 Å². The summed E-state index contributed by atoms with van der Waals surface area (Å²) < 4.78 is 49.8. The second-order valence-electron chi connectivity index (χ2n) is 3.23. The molecule has 0 amide bonds.